The SMILES string of the molecule is CC(C)(C)OC(=O)N1CCCC(c2nc3c(oc4ccc(Br)cc43)c(=O)[nH]2)C1. The van der Waals surface area contributed by atoms with E-state index in [1.807, 2.05) is 39.0 Å². The maximum atomic E-state index is 12.6. The molecule has 4 rings (SSSR count). The van der Waals surface area contributed by atoms with Crippen LogP contribution in [0.2, 0.25) is 0 Å². The van der Waals surface area contributed by atoms with Crippen molar-refractivity contribution in [2.24, 2.45) is 0 Å². The molecule has 28 heavy (non-hydrogen) atoms. The lowest BCUT2D eigenvalue weighted by atomic mass is 9.97. The van der Waals surface area contributed by atoms with Crippen LogP contribution in [0.5, 0.6) is 0 Å². The summed E-state index contributed by atoms with van der Waals surface area (Å²) >= 11 is 3.45. The molecule has 1 N–H and O–H groups in total. The second-order valence-corrected chi connectivity index (χ2v) is 9.05. The van der Waals surface area contributed by atoms with Crippen molar-refractivity contribution in [1.29, 1.82) is 0 Å². The van der Waals surface area contributed by atoms with Crippen LogP contribution in [0.1, 0.15) is 45.4 Å². The maximum Gasteiger partial charge on any atom is 0.410 e. The number of likely N-dealkylation sites (tertiary alicyclic amines) is 1. The van der Waals surface area contributed by atoms with Gasteiger partial charge in [0.1, 0.15) is 22.5 Å². The highest BCUT2D eigenvalue weighted by atomic mass is 79.9. The number of aromatic amines is 1. The number of benzene rings is 1. The van der Waals surface area contributed by atoms with Crippen LogP contribution < -0.4 is 5.56 Å². The van der Waals surface area contributed by atoms with Gasteiger partial charge >= 0.3 is 6.09 Å². The number of hydrogen-bond acceptors (Lipinski definition) is 5. The van der Waals surface area contributed by atoms with Gasteiger partial charge in [0.15, 0.2) is 0 Å². The van der Waals surface area contributed by atoms with Crippen molar-refractivity contribution in [3.63, 3.8) is 0 Å². The average molecular weight is 448 g/mol. The fourth-order valence-electron chi connectivity index (χ4n) is 3.53. The smallest absolute Gasteiger partial charge is 0.410 e. The molecule has 0 spiro atoms. The number of nitrogens with one attached hydrogen (secondary N) is 1. The van der Waals surface area contributed by atoms with Gasteiger partial charge in [-0.25, -0.2) is 9.78 Å². The van der Waals surface area contributed by atoms with Crippen LogP contribution in [0.25, 0.3) is 22.1 Å². The number of carbonyl (C=O) groups is 1. The Hall–Kier alpha value is -2.35. The molecule has 0 radical (unpaired) electrons. The first-order valence-electron chi connectivity index (χ1n) is 9.31. The Morgan fingerprint density at radius 3 is 2.93 bits per heavy atom. The molecule has 148 valence electrons. The number of carbonyl (C=O) groups excluding carboxylic acids is 1. The number of rotatable bonds is 1. The van der Waals surface area contributed by atoms with Gasteiger partial charge in [0.2, 0.25) is 5.58 Å². The van der Waals surface area contributed by atoms with Gasteiger partial charge < -0.3 is 19.0 Å². The van der Waals surface area contributed by atoms with Gasteiger partial charge in [-0.3, -0.25) is 4.79 Å². The van der Waals surface area contributed by atoms with Crippen molar-refractivity contribution in [3.8, 4) is 0 Å². The van der Waals surface area contributed by atoms with E-state index in [2.05, 4.69) is 20.9 Å². The molecular formula is C20H22BrN3O4. The summed E-state index contributed by atoms with van der Waals surface area (Å²) in [6, 6.07) is 5.57. The summed E-state index contributed by atoms with van der Waals surface area (Å²) in [7, 11) is 0. The van der Waals surface area contributed by atoms with Crippen LogP contribution >= 0.6 is 15.9 Å². The summed E-state index contributed by atoms with van der Waals surface area (Å²) in [5.41, 5.74) is 0.536. The molecule has 1 aliphatic heterocycles. The number of H-pyrrole nitrogens is 1. The second kappa shape index (κ2) is 6.92. The fraction of sp³-hybridized carbons (Fsp3) is 0.450. The number of aromatic nitrogens is 2. The van der Waals surface area contributed by atoms with Crippen molar-refractivity contribution in [2.75, 3.05) is 13.1 Å². The molecule has 7 nitrogen and oxygen atoms in total. The number of furan rings is 1. The third-order valence-corrected chi connectivity index (χ3v) is 5.26. The minimum absolute atomic E-state index is 0.0597. The third-order valence-electron chi connectivity index (χ3n) is 4.76. The van der Waals surface area contributed by atoms with Crippen molar-refractivity contribution in [2.45, 2.75) is 45.1 Å². The van der Waals surface area contributed by atoms with E-state index in [1.54, 1.807) is 4.90 Å². The molecule has 1 amide bonds. The number of nitrogens with zero attached hydrogens (tertiary/aromatic N) is 2. The minimum Gasteiger partial charge on any atom is -0.449 e. The van der Waals surface area contributed by atoms with Crippen molar-refractivity contribution in [1.82, 2.24) is 14.9 Å². The lowest BCUT2D eigenvalue weighted by Gasteiger charge is -2.33. The summed E-state index contributed by atoms with van der Waals surface area (Å²) < 4.78 is 12.1. The molecule has 0 aliphatic carbocycles. The van der Waals surface area contributed by atoms with Crippen molar-refractivity contribution >= 4 is 44.1 Å². The lowest BCUT2D eigenvalue weighted by molar-refractivity contribution is 0.0196. The first kappa shape index (κ1) is 19.0. The highest BCUT2D eigenvalue weighted by Gasteiger charge is 2.30. The van der Waals surface area contributed by atoms with E-state index in [0.29, 0.717) is 30.0 Å². The first-order valence-corrected chi connectivity index (χ1v) is 10.1. The van der Waals surface area contributed by atoms with Gasteiger partial charge in [0.25, 0.3) is 5.56 Å². The Morgan fingerprint density at radius 1 is 1.39 bits per heavy atom. The van der Waals surface area contributed by atoms with Gasteiger partial charge in [-0.15, -0.1) is 0 Å². The van der Waals surface area contributed by atoms with E-state index in [0.717, 1.165) is 22.7 Å². The minimum atomic E-state index is -0.543. The predicted molar refractivity (Wildman–Crippen MR) is 110 cm³/mol. The van der Waals surface area contributed by atoms with Crippen LogP contribution in [-0.4, -0.2) is 39.7 Å². The summed E-state index contributed by atoms with van der Waals surface area (Å²) in [6.07, 6.45) is 1.33. The van der Waals surface area contributed by atoms with E-state index in [-0.39, 0.29) is 23.2 Å². The topological polar surface area (TPSA) is 88.4 Å². The van der Waals surface area contributed by atoms with Crippen molar-refractivity contribution < 1.29 is 13.9 Å². The summed E-state index contributed by atoms with van der Waals surface area (Å²) in [6.45, 7) is 6.65. The van der Waals surface area contributed by atoms with E-state index < -0.39 is 5.60 Å². The molecule has 8 heteroatoms. The maximum absolute atomic E-state index is 12.6. The molecule has 1 unspecified atom stereocenters. The molecular weight excluding hydrogens is 426 g/mol. The monoisotopic (exact) mass is 447 g/mol. The third kappa shape index (κ3) is 3.65. The Kier molecular flexibility index (Phi) is 4.69. The van der Waals surface area contributed by atoms with E-state index in [1.165, 1.54) is 0 Å². The van der Waals surface area contributed by atoms with Gasteiger partial charge in [-0.2, -0.15) is 0 Å². The Balaban J connectivity index is 1.68. The highest BCUT2D eigenvalue weighted by Crippen LogP contribution is 2.30. The highest BCUT2D eigenvalue weighted by molar-refractivity contribution is 9.10. The van der Waals surface area contributed by atoms with Crippen LogP contribution in [0.15, 0.2) is 31.9 Å². The predicted octanol–water partition coefficient (Wildman–Crippen LogP) is 4.55. The standard InChI is InChI=1S/C20H22BrN3O4/c1-20(2,3)28-19(26)24-8-4-5-11(10-24)17-22-15-13-9-12(21)6-7-14(13)27-16(15)18(25)23-17/h6-7,9,11H,4-5,8,10H2,1-3H3,(H,22,23,25). The van der Waals surface area contributed by atoms with Crippen LogP contribution in [0.3, 0.4) is 0 Å². The molecule has 3 aromatic rings. The molecule has 0 saturated carbocycles. The first-order chi connectivity index (χ1) is 13.2. The molecule has 1 aromatic carbocycles. The van der Waals surface area contributed by atoms with Crippen LogP contribution in [-0.2, 0) is 4.74 Å². The number of fused-ring (bicyclic) bond motifs is 3. The Labute approximate surface area is 170 Å². The Bertz CT molecular complexity index is 1110. The molecule has 2 aromatic heterocycles. The van der Waals surface area contributed by atoms with Crippen LogP contribution in [0, 0.1) is 0 Å². The molecule has 1 atom stereocenters. The zero-order valence-corrected chi connectivity index (χ0v) is 17.6. The fourth-order valence-corrected chi connectivity index (χ4v) is 3.89. The van der Waals surface area contributed by atoms with Crippen LogP contribution in [0.4, 0.5) is 4.79 Å². The van der Waals surface area contributed by atoms with E-state index >= 15 is 0 Å². The zero-order valence-electron chi connectivity index (χ0n) is 16.0. The molecule has 0 bridgehead atoms. The average Bonchev–Trinajstić information content (AvgIpc) is 2.99. The summed E-state index contributed by atoms with van der Waals surface area (Å²) in [5, 5.41) is 0.788. The summed E-state index contributed by atoms with van der Waals surface area (Å²) in [4.78, 5) is 34.3. The lowest BCUT2D eigenvalue weighted by Crippen LogP contribution is -2.42. The van der Waals surface area contributed by atoms with E-state index in [9.17, 15) is 9.59 Å². The number of halogens is 1. The number of amides is 1. The van der Waals surface area contributed by atoms with Gasteiger partial charge in [0.05, 0.1) is 0 Å². The normalized spacial score (nSPS) is 18.0. The van der Waals surface area contributed by atoms with Gasteiger partial charge in [0, 0.05) is 28.9 Å². The largest absolute Gasteiger partial charge is 0.449 e. The molecule has 1 fully saturated rings. The number of piperidine rings is 1. The number of hydrogen-bond donors (Lipinski definition) is 1. The second-order valence-electron chi connectivity index (χ2n) is 8.14. The molecule has 1 aliphatic rings. The number of ether oxygens (including phenoxy) is 1. The van der Waals surface area contributed by atoms with Gasteiger partial charge in [-0.05, 0) is 51.8 Å². The molecule has 1 saturated heterocycles. The summed E-state index contributed by atoms with van der Waals surface area (Å²) in [5.74, 6) is 0.518. The van der Waals surface area contributed by atoms with Gasteiger partial charge in [-0.1, -0.05) is 15.9 Å². The zero-order chi connectivity index (χ0) is 20.1. The van der Waals surface area contributed by atoms with E-state index in [4.69, 9.17) is 14.1 Å². The quantitative estimate of drug-likeness (QED) is 0.590. The molecule has 3 heterocycles. The Morgan fingerprint density at radius 2 is 2.18 bits per heavy atom. The van der Waals surface area contributed by atoms with Crippen molar-refractivity contribution in [3.05, 3.63) is 38.9 Å².